The van der Waals surface area contributed by atoms with Crippen molar-refractivity contribution in [1.29, 1.82) is 0 Å². The number of benzene rings is 1. The fraction of sp³-hybridized carbons (Fsp3) is 0.143. The monoisotopic (exact) mass is 222 g/mol. The second-order valence-corrected chi connectivity index (χ2v) is 2.92. The van der Waals surface area contributed by atoms with Crippen LogP contribution in [0.5, 0.6) is 0 Å². The number of nitro benzene ring substituents is 1. The summed E-state index contributed by atoms with van der Waals surface area (Å²) >= 11 is 0. The first-order chi connectivity index (χ1) is 6.81. The third-order valence-electron chi connectivity index (χ3n) is 1.71. The molecule has 0 aliphatic carbocycles. The van der Waals surface area contributed by atoms with E-state index in [1.807, 2.05) is 0 Å². The molecule has 0 saturated heterocycles. The maximum Gasteiger partial charge on any atom is 0.482 e. The van der Waals surface area contributed by atoms with Gasteiger partial charge in [0.05, 0.1) is 4.92 Å². The highest BCUT2D eigenvalue weighted by Crippen LogP contribution is 2.24. The summed E-state index contributed by atoms with van der Waals surface area (Å²) in [5.74, 6) is -1.42. The van der Waals surface area contributed by atoms with Gasteiger partial charge in [0, 0.05) is 6.07 Å². The van der Waals surface area contributed by atoms with Gasteiger partial charge in [-0.1, -0.05) is 18.5 Å². The van der Waals surface area contributed by atoms with E-state index in [0.717, 1.165) is 18.2 Å². The van der Waals surface area contributed by atoms with Crippen molar-refractivity contribution in [3.05, 3.63) is 39.7 Å². The van der Waals surface area contributed by atoms with Gasteiger partial charge in [-0.3, -0.25) is 10.1 Å². The van der Waals surface area contributed by atoms with E-state index in [4.69, 9.17) is 0 Å². The Labute approximate surface area is 81.9 Å². The van der Waals surface area contributed by atoms with Crippen LogP contribution in [0, 0.1) is 15.9 Å². The molecule has 1 aromatic carbocycles. The zero-order chi connectivity index (χ0) is 11.6. The Bertz CT molecular complexity index is 393. The highest BCUT2D eigenvalue weighted by atomic mass is 19.4. The average molecular weight is 222 g/mol. The first-order valence-corrected chi connectivity index (χ1v) is 3.94. The zero-order valence-electron chi connectivity index (χ0n) is 7.29. The molecule has 0 unspecified atom stereocenters. The van der Waals surface area contributed by atoms with Crippen LogP contribution < -0.4 is 0 Å². The molecule has 0 aliphatic rings. The molecule has 0 saturated carbocycles. The third kappa shape index (κ3) is 2.93. The lowest BCUT2D eigenvalue weighted by molar-refractivity contribution is -0.387. The molecule has 0 heterocycles. The van der Waals surface area contributed by atoms with Gasteiger partial charge in [-0.05, 0) is 5.56 Å². The minimum Gasteiger partial charge on any atom is -0.449 e. The summed E-state index contributed by atoms with van der Waals surface area (Å²) in [5, 5.41) is 10.2. The summed E-state index contributed by atoms with van der Waals surface area (Å²) < 4.78 is 49.1. The van der Waals surface area contributed by atoms with Gasteiger partial charge < -0.3 is 12.9 Å². The van der Waals surface area contributed by atoms with Crippen LogP contribution >= 0.6 is 0 Å². The maximum absolute atomic E-state index is 13.1. The molecular formula is C7H5BF4NO2-. The zero-order valence-corrected chi connectivity index (χ0v) is 7.29. The molecule has 1 aromatic rings. The number of nitrogens with zero attached hydrogens (tertiary/aromatic N) is 1. The Hall–Kier alpha value is -1.60. The molecule has 0 N–H and O–H groups in total. The molecule has 0 fully saturated rings. The van der Waals surface area contributed by atoms with Crippen molar-refractivity contribution in [2.75, 3.05) is 0 Å². The van der Waals surface area contributed by atoms with E-state index in [-0.39, 0.29) is 0 Å². The van der Waals surface area contributed by atoms with Gasteiger partial charge in [0.2, 0.25) is 5.82 Å². The molecule has 3 nitrogen and oxygen atoms in total. The van der Waals surface area contributed by atoms with Gasteiger partial charge >= 0.3 is 12.7 Å². The third-order valence-corrected chi connectivity index (χ3v) is 1.71. The number of halogens is 4. The van der Waals surface area contributed by atoms with Crippen molar-refractivity contribution in [3.8, 4) is 0 Å². The van der Waals surface area contributed by atoms with Crippen molar-refractivity contribution >= 4 is 12.7 Å². The lowest BCUT2D eigenvalue weighted by atomic mass is 9.81. The van der Waals surface area contributed by atoms with Crippen LogP contribution in [0.15, 0.2) is 18.2 Å². The Balaban J connectivity index is 3.10. The summed E-state index contributed by atoms with van der Waals surface area (Å²) in [7, 11) is 0. The van der Waals surface area contributed by atoms with E-state index in [2.05, 4.69) is 0 Å². The minimum atomic E-state index is -5.20. The standard InChI is InChI=1S/C7H5BF4NO2/c9-7-5(4-8(10,11)12)2-1-3-6(7)13(14)15/h1-3H,4H2/q-1. The van der Waals surface area contributed by atoms with E-state index in [1.165, 1.54) is 0 Å². The summed E-state index contributed by atoms with van der Waals surface area (Å²) in [4.78, 5) is 9.18. The Morgan fingerprint density at radius 2 is 1.93 bits per heavy atom. The lowest BCUT2D eigenvalue weighted by Crippen LogP contribution is -2.20. The molecule has 0 aromatic heterocycles. The van der Waals surface area contributed by atoms with Crippen LogP contribution in [0.2, 0.25) is 0 Å². The van der Waals surface area contributed by atoms with Crippen molar-refractivity contribution in [3.63, 3.8) is 0 Å². The average Bonchev–Trinajstić information content (AvgIpc) is 2.05. The molecule has 82 valence electrons. The topological polar surface area (TPSA) is 43.1 Å². The van der Waals surface area contributed by atoms with E-state index in [1.54, 1.807) is 0 Å². The fourth-order valence-corrected chi connectivity index (χ4v) is 1.11. The van der Waals surface area contributed by atoms with Crippen LogP contribution in [-0.2, 0) is 6.32 Å². The van der Waals surface area contributed by atoms with Gasteiger partial charge in [-0.25, -0.2) is 0 Å². The first-order valence-electron chi connectivity index (χ1n) is 3.94. The number of hydrogen-bond acceptors (Lipinski definition) is 2. The first kappa shape index (κ1) is 11.5. The molecule has 8 heteroatoms. The van der Waals surface area contributed by atoms with Crippen LogP contribution in [0.3, 0.4) is 0 Å². The molecule has 0 atom stereocenters. The molecule has 0 radical (unpaired) electrons. The highest BCUT2D eigenvalue weighted by molar-refractivity contribution is 6.57. The van der Waals surface area contributed by atoms with Gasteiger partial charge in [-0.2, -0.15) is 4.39 Å². The molecule has 1 rings (SSSR count). The van der Waals surface area contributed by atoms with Crippen LogP contribution in [-0.4, -0.2) is 11.9 Å². The van der Waals surface area contributed by atoms with Crippen molar-refractivity contribution in [2.45, 2.75) is 6.32 Å². The fourth-order valence-electron chi connectivity index (χ4n) is 1.11. The van der Waals surface area contributed by atoms with Crippen LogP contribution in [0.25, 0.3) is 0 Å². The second kappa shape index (κ2) is 3.88. The van der Waals surface area contributed by atoms with Crippen LogP contribution in [0.1, 0.15) is 5.56 Å². The summed E-state index contributed by atoms with van der Waals surface area (Å²) in [6.07, 6.45) is -1.45. The van der Waals surface area contributed by atoms with E-state index < -0.39 is 35.3 Å². The highest BCUT2D eigenvalue weighted by Gasteiger charge is 2.27. The Morgan fingerprint density at radius 3 is 2.40 bits per heavy atom. The Morgan fingerprint density at radius 1 is 1.33 bits per heavy atom. The Kier molecular flexibility index (Phi) is 2.97. The number of rotatable bonds is 3. The summed E-state index contributed by atoms with van der Waals surface area (Å²) in [5.41, 5.74) is -1.63. The van der Waals surface area contributed by atoms with Crippen molar-refractivity contribution in [1.82, 2.24) is 0 Å². The van der Waals surface area contributed by atoms with E-state index >= 15 is 0 Å². The summed E-state index contributed by atoms with van der Waals surface area (Å²) in [6.45, 7) is -5.20. The van der Waals surface area contributed by atoms with Gasteiger partial charge in [-0.15, -0.1) is 0 Å². The lowest BCUT2D eigenvalue weighted by Gasteiger charge is -2.13. The number of hydrogen-bond donors (Lipinski definition) is 0. The molecule has 0 bridgehead atoms. The SMILES string of the molecule is O=[N+]([O-])c1cccc(C[B-](F)(F)F)c1F. The van der Waals surface area contributed by atoms with E-state index in [9.17, 15) is 27.5 Å². The molecule has 15 heavy (non-hydrogen) atoms. The normalized spacial score (nSPS) is 11.5. The molecule has 0 spiro atoms. The predicted molar refractivity (Wildman–Crippen MR) is 45.8 cm³/mol. The largest absolute Gasteiger partial charge is 0.482 e. The van der Waals surface area contributed by atoms with E-state index in [0.29, 0.717) is 0 Å². The molecular weight excluding hydrogens is 217 g/mol. The van der Waals surface area contributed by atoms with Crippen LogP contribution in [0.4, 0.5) is 23.0 Å². The quantitative estimate of drug-likeness (QED) is 0.341. The van der Waals surface area contributed by atoms with Gasteiger partial charge in [0.25, 0.3) is 0 Å². The molecule has 0 aliphatic heterocycles. The maximum atomic E-state index is 13.1. The predicted octanol–water partition coefficient (Wildman–Crippen LogP) is 2.66. The summed E-state index contributed by atoms with van der Waals surface area (Å²) in [6, 6.07) is 2.73. The number of nitro groups is 1. The van der Waals surface area contributed by atoms with Gasteiger partial charge in [0.15, 0.2) is 0 Å². The smallest absolute Gasteiger partial charge is 0.449 e. The second-order valence-electron chi connectivity index (χ2n) is 2.92. The van der Waals surface area contributed by atoms with Crippen molar-refractivity contribution in [2.24, 2.45) is 0 Å². The van der Waals surface area contributed by atoms with Crippen molar-refractivity contribution < 1.29 is 22.3 Å². The molecule has 0 amide bonds. The minimum absolute atomic E-state index is 0.697. The van der Waals surface area contributed by atoms with Gasteiger partial charge in [0.1, 0.15) is 0 Å².